The van der Waals surface area contributed by atoms with Crippen molar-refractivity contribution < 1.29 is 14.3 Å². The molecule has 3 N–H and O–H groups in total. The average molecular weight is 359 g/mol. The van der Waals surface area contributed by atoms with E-state index < -0.39 is 5.91 Å². The van der Waals surface area contributed by atoms with Gasteiger partial charge >= 0.3 is 0 Å². The molecule has 0 radical (unpaired) electrons. The second-order valence-corrected chi connectivity index (χ2v) is 7.51. The van der Waals surface area contributed by atoms with E-state index in [1.807, 2.05) is 6.07 Å². The molecule has 2 saturated heterocycles. The molecule has 6 nitrogen and oxygen atoms in total. The number of carbonyl (C=O) groups is 2. The third-order valence-corrected chi connectivity index (χ3v) is 5.37. The van der Waals surface area contributed by atoms with E-state index in [9.17, 15) is 9.59 Å². The summed E-state index contributed by atoms with van der Waals surface area (Å²) in [6, 6.07) is 5.31. The van der Waals surface area contributed by atoms with E-state index in [1.54, 1.807) is 12.1 Å². The highest BCUT2D eigenvalue weighted by atomic mass is 16.5. The largest absolute Gasteiger partial charge is 0.378 e. The lowest BCUT2D eigenvalue weighted by Gasteiger charge is -2.33. The van der Waals surface area contributed by atoms with E-state index in [1.165, 1.54) is 0 Å². The number of carbonyl (C=O) groups excluding carboxylic acids is 2. The summed E-state index contributed by atoms with van der Waals surface area (Å²) in [5.74, 6) is 0.151. The van der Waals surface area contributed by atoms with Crippen LogP contribution in [-0.2, 0) is 9.53 Å². The van der Waals surface area contributed by atoms with E-state index in [0.717, 1.165) is 63.4 Å². The number of nitrogens with zero attached hydrogens (tertiary/aromatic N) is 1. The van der Waals surface area contributed by atoms with Crippen molar-refractivity contribution in [2.24, 2.45) is 11.7 Å². The molecule has 0 spiro atoms. The molecule has 0 saturated carbocycles. The Morgan fingerprint density at radius 1 is 1.23 bits per heavy atom. The summed E-state index contributed by atoms with van der Waals surface area (Å²) >= 11 is 0. The van der Waals surface area contributed by atoms with Crippen LogP contribution in [0.1, 0.15) is 55.8 Å². The van der Waals surface area contributed by atoms with Crippen LogP contribution in [-0.4, -0.2) is 37.6 Å². The monoisotopic (exact) mass is 359 g/mol. The molecule has 6 heteroatoms. The van der Waals surface area contributed by atoms with Gasteiger partial charge in [0.05, 0.1) is 23.9 Å². The number of piperidine rings is 1. The summed E-state index contributed by atoms with van der Waals surface area (Å²) in [5, 5.41) is 2.99. The predicted molar refractivity (Wildman–Crippen MR) is 102 cm³/mol. The third-order valence-electron chi connectivity index (χ3n) is 5.37. The molecule has 2 heterocycles. The zero-order valence-electron chi connectivity index (χ0n) is 15.5. The van der Waals surface area contributed by atoms with E-state index in [2.05, 4.69) is 17.1 Å². The molecule has 3 rings (SSSR count). The van der Waals surface area contributed by atoms with E-state index >= 15 is 0 Å². The van der Waals surface area contributed by atoms with Crippen molar-refractivity contribution in [1.82, 2.24) is 0 Å². The molecule has 2 aliphatic rings. The first-order valence-corrected chi connectivity index (χ1v) is 9.63. The Bertz CT molecular complexity index is 648. The van der Waals surface area contributed by atoms with Crippen molar-refractivity contribution in [1.29, 1.82) is 0 Å². The summed E-state index contributed by atoms with van der Waals surface area (Å²) < 4.78 is 5.66. The third kappa shape index (κ3) is 4.75. The number of hydrogen-bond acceptors (Lipinski definition) is 4. The second-order valence-electron chi connectivity index (χ2n) is 7.51. The van der Waals surface area contributed by atoms with Crippen LogP contribution in [0.15, 0.2) is 18.2 Å². The van der Waals surface area contributed by atoms with Gasteiger partial charge in [-0.2, -0.15) is 0 Å². The molecule has 2 aliphatic heterocycles. The Morgan fingerprint density at radius 3 is 2.65 bits per heavy atom. The Hall–Kier alpha value is -2.08. The summed E-state index contributed by atoms with van der Waals surface area (Å²) in [6.45, 7) is 4.89. The first-order valence-electron chi connectivity index (χ1n) is 9.63. The molecule has 2 amide bonds. The van der Waals surface area contributed by atoms with Gasteiger partial charge in [-0.15, -0.1) is 0 Å². The Kier molecular flexibility index (Phi) is 6.14. The Morgan fingerprint density at radius 2 is 2.00 bits per heavy atom. The van der Waals surface area contributed by atoms with Crippen LogP contribution in [0.5, 0.6) is 0 Å². The maximum Gasteiger partial charge on any atom is 0.248 e. The molecule has 142 valence electrons. The van der Waals surface area contributed by atoms with Crippen LogP contribution < -0.4 is 16.0 Å². The summed E-state index contributed by atoms with van der Waals surface area (Å²) in [6.07, 6.45) is 5.68. The summed E-state index contributed by atoms with van der Waals surface area (Å²) in [4.78, 5) is 26.4. The number of amides is 2. The standard InChI is InChI=1S/C20H29N3O3/c1-14-7-9-23(10-8-14)18-6-5-15(20(21)25)12-17(18)22-19(24)13-16-4-2-3-11-26-16/h5-6,12,14,16H,2-4,7-11,13H2,1H3,(H2,21,25)(H,22,24). The molecular weight excluding hydrogens is 330 g/mol. The number of rotatable bonds is 5. The quantitative estimate of drug-likeness (QED) is 0.846. The fourth-order valence-electron chi connectivity index (χ4n) is 3.69. The zero-order chi connectivity index (χ0) is 18.5. The number of anilines is 2. The van der Waals surface area contributed by atoms with Crippen molar-refractivity contribution in [3.63, 3.8) is 0 Å². The number of benzene rings is 1. The fraction of sp³-hybridized carbons (Fsp3) is 0.600. The molecule has 1 atom stereocenters. The smallest absolute Gasteiger partial charge is 0.248 e. The van der Waals surface area contributed by atoms with Gasteiger partial charge in [-0.25, -0.2) is 0 Å². The maximum atomic E-state index is 12.5. The molecular formula is C20H29N3O3. The van der Waals surface area contributed by atoms with Gasteiger partial charge in [0.25, 0.3) is 0 Å². The molecule has 26 heavy (non-hydrogen) atoms. The van der Waals surface area contributed by atoms with Crippen LogP contribution in [0.4, 0.5) is 11.4 Å². The molecule has 0 aliphatic carbocycles. The number of ether oxygens (including phenoxy) is 1. The summed E-state index contributed by atoms with van der Waals surface area (Å²) in [5.41, 5.74) is 7.45. The maximum absolute atomic E-state index is 12.5. The van der Waals surface area contributed by atoms with Crippen LogP contribution in [0.2, 0.25) is 0 Å². The Labute approximate surface area is 155 Å². The molecule has 0 aromatic heterocycles. The predicted octanol–water partition coefficient (Wildman–Crippen LogP) is 2.92. The van der Waals surface area contributed by atoms with Crippen molar-refractivity contribution >= 4 is 23.2 Å². The van der Waals surface area contributed by atoms with Crippen molar-refractivity contribution in [2.45, 2.75) is 51.6 Å². The van der Waals surface area contributed by atoms with Gasteiger partial charge in [-0.05, 0) is 56.2 Å². The van der Waals surface area contributed by atoms with Crippen LogP contribution >= 0.6 is 0 Å². The molecule has 1 aromatic carbocycles. The van der Waals surface area contributed by atoms with Crippen molar-refractivity contribution in [3.8, 4) is 0 Å². The molecule has 1 unspecified atom stereocenters. The molecule has 2 fully saturated rings. The normalized spacial score (nSPS) is 21.4. The number of nitrogens with two attached hydrogens (primary N) is 1. The number of nitrogens with one attached hydrogen (secondary N) is 1. The van der Waals surface area contributed by atoms with Gasteiger partial charge in [0.15, 0.2) is 0 Å². The van der Waals surface area contributed by atoms with E-state index in [4.69, 9.17) is 10.5 Å². The first-order chi connectivity index (χ1) is 12.5. The topological polar surface area (TPSA) is 84.7 Å². The lowest BCUT2D eigenvalue weighted by atomic mass is 9.98. The minimum absolute atomic E-state index is 0.0117. The van der Waals surface area contributed by atoms with Crippen LogP contribution in [0.3, 0.4) is 0 Å². The first kappa shape index (κ1) is 18.7. The highest BCUT2D eigenvalue weighted by Gasteiger charge is 2.22. The second kappa shape index (κ2) is 8.54. The van der Waals surface area contributed by atoms with Gasteiger partial charge in [0.1, 0.15) is 0 Å². The zero-order valence-corrected chi connectivity index (χ0v) is 15.5. The van der Waals surface area contributed by atoms with Crippen molar-refractivity contribution in [3.05, 3.63) is 23.8 Å². The van der Waals surface area contributed by atoms with Gasteiger partial charge < -0.3 is 20.7 Å². The van der Waals surface area contributed by atoms with E-state index in [0.29, 0.717) is 17.7 Å². The fourth-order valence-corrected chi connectivity index (χ4v) is 3.69. The van der Waals surface area contributed by atoms with E-state index in [-0.39, 0.29) is 12.0 Å². The van der Waals surface area contributed by atoms with Gasteiger partial charge in [0.2, 0.25) is 11.8 Å². The minimum Gasteiger partial charge on any atom is -0.378 e. The number of hydrogen-bond donors (Lipinski definition) is 2. The lowest BCUT2D eigenvalue weighted by Crippen LogP contribution is -2.34. The molecule has 0 bridgehead atoms. The minimum atomic E-state index is -0.491. The van der Waals surface area contributed by atoms with Crippen LogP contribution in [0, 0.1) is 5.92 Å². The number of primary amides is 1. The molecule has 1 aromatic rings. The SMILES string of the molecule is CC1CCN(c2ccc(C(N)=O)cc2NC(=O)CC2CCCCO2)CC1. The van der Waals surface area contributed by atoms with Gasteiger partial charge in [0, 0.05) is 25.3 Å². The highest BCUT2D eigenvalue weighted by Crippen LogP contribution is 2.31. The van der Waals surface area contributed by atoms with Gasteiger partial charge in [-0.3, -0.25) is 9.59 Å². The Balaban J connectivity index is 1.74. The summed E-state index contributed by atoms with van der Waals surface area (Å²) in [7, 11) is 0. The van der Waals surface area contributed by atoms with Crippen molar-refractivity contribution in [2.75, 3.05) is 29.9 Å². The highest BCUT2D eigenvalue weighted by molar-refractivity contribution is 5.99. The van der Waals surface area contributed by atoms with Gasteiger partial charge in [-0.1, -0.05) is 6.92 Å². The van der Waals surface area contributed by atoms with Crippen LogP contribution in [0.25, 0.3) is 0 Å². The average Bonchev–Trinajstić information content (AvgIpc) is 2.63. The lowest BCUT2D eigenvalue weighted by molar-refractivity contribution is -0.119.